The molecule has 0 N–H and O–H groups in total. The van der Waals surface area contributed by atoms with E-state index in [2.05, 4.69) is 11.9 Å². The zero-order chi connectivity index (χ0) is 19.0. The van der Waals surface area contributed by atoms with Crippen LogP contribution >= 0.6 is 0 Å². The Bertz CT molecular complexity index is 728. The van der Waals surface area contributed by atoms with Crippen LogP contribution in [0.4, 0.5) is 0 Å². The Kier molecular flexibility index (Phi) is 4.80. The molecule has 4 rings (SSSR count). The summed E-state index contributed by atoms with van der Waals surface area (Å²) in [6.07, 6.45) is 5.92. The first-order valence-corrected chi connectivity index (χ1v) is 9.85. The molecule has 7 heteroatoms. The highest BCUT2D eigenvalue weighted by atomic mass is 16.3. The van der Waals surface area contributed by atoms with E-state index in [-0.39, 0.29) is 17.2 Å². The molecule has 146 valence electrons. The molecule has 0 aromatic carbocycles. The van der Waals surface area contributed by atoms with Gasteiger partial charge in [0, 0.05) is 44.7 Å². The van der Waals surface area contributed by atoms with Gasteiger partial charge in [0.05, 0.1) is 6.26 Å². The minimum Gasteiger partial charge on any atom is -0.461 e. The van der Waals surface area contributed by atoms with E-state index in [9.17, 15) is 14.4 Å². The number of likely N-dealkylation sites (tertiary alicyclic amines) is 1. The first kappa shape index (κ1) is 18.2. The van der Waals surface area contributed by atoms with Gasteiger partial charge in [0.25, 0.3) is 11.7 Å². The Morgan fingerprint density at radius 3 is 2.74 bits per heavy atom. The number of hydrogen-bond acceptors (Lipinski definition) is 5. The molecule has 1 aliphatic carbocycles. The van der Waals surface area contributed by atoms with Gasteiger partial charge in [-0.1, -0.05) is 0 Å². The summed E-state index contributed by atoms with van der Waals surface area (Å²) in [5.41, 5.74) is -0.245. The van der Waals surface area contributed by atoms with Crippen molar-refractivity contribution in [2.75, 3.05) is 39.8 Å². The second-order valence-corrected chi connectivity index (χ2v) is 8.21. The monoisotopic (exact) mass is 373 g/mol. The fourth-order valence-corrected chi connectivity index (χ4v) is 4.33. The van der Waals surface area contributed by atoms with Gasteiger partial charge < -0.3 is 14.2 Å². The number of ketones is 1. The summed E-state index contributed by atoms with van der Waals surface area (Å²) in [6, 6.07) is 3.13. The predicted molar refractivity (Wildman–Crippen MR) is 98.1 cm³/mol. The third-order valence-electron chi connectivity index (χ3n) is 6.41. The third-order valence-corrected chi connectivity index (χ3v) is 6.41. The number of nitrogens with zero attached hydrogens (tertiary/aromatic N) is 3. The van der Waals surface area contributed by atoms with E-state index in [1.807, 2.05) is 4.90 Å². The molecule has 2 saturated heterocycles. The standard InChI is InChI=1S/C20H27N3O4/c1-21-10-11-23(19(26)18(25)16-3-2-12-27-16)14-20(21)7-6-17(24)22(9-8-20)13-15-4-5-15/h2-3,12,15H,4-11,13-14H2,1H3/t20-/m0/s1. The van der Waals surface area contributed by atoms with Gasteiger partial charge in [0.2, 0.25) is 5.91 Å². The maximum absolute atomic E-state index is 12.7. The molecular formula is C20H27N3O4. The van der Waals surface area contributed by atoms with Crippen LogP contribution in [0.5, 0.6) is 0 Å². The number of furan rings is 1. The number of carbonyl (C=O) groups is 3. The van der Waals surface area contributed by atoms with Crippen molar-refractivity contribution in [1.82, 2.24) is 14.7 Å². The van der Waals surface area contributed by atoms with Crippen LogP contribution in [-0.4, -0.2) is 77.6 Å². The van der Waals surface area contributed by atoms with E-state index in [0.29, 0.717) is 32.0 Å². The summed E-state index contributed by atoms with van der Waals surface area (Å²) in [4.78, 5) is 43.6. The zero-order valence-electron chi connectivity index (χ0n) is 15.9. The lowest BCUT2D eigenvalue weighted by Crippen LogP contribution is -2.62. The van der Waals surface area contributed by atoms with Gasteiger partial charge in [0.1, 0.15) is 0 Å². The Morgan fingerprint density at radius 2 is 2.04 bits per heavy atom. The van der Waals surface area contributed by atoms with E-state index in [1.54, 1.807) is 11.0 Å². The van der Waals surface area contributed by atoms with Gasteiger partial charge in [0.15, 0.2) is 5.76 Å². The van der Waals surface area contributed by atoms with Crippen LogP contribution in [0.3, 0.4) is 0 Å². The van der Waals surface area contributed by atoms with Gasteiger partial charge in [-0.3, -0.25) is 19.3 Å². The van der Waals surface area contributed by atoms with Gasteiger partial charge in [-0.25, -0.2) is 0 Å². The first-order valence-electron chi connectivity index (χ1n) is 9.85. The number of Topliss-reactive ketones (excluding diaryl/α,β-unsaturated/α-hetero) is 1. The number of likely N-dealkylation sites (N-methyl/N-ethyl adjacent to an activating group) is 1. The van der Waals surface area contributed by atoms with Crippen LogP contribution in [0, 0.1) is 5.92 Å². The molecule has 2 amide bonds. The number of piperazine rings is 1. The van der Waals surface area contributed by atoms with Crippen molar-refractivity contribution in [3.8, 4) is 0 Å². The van der Waals surface area contributed by atoms with Crippen LogP contribution in [0.1, 0.15) is 42.7 Å². The van der Waals surface area contributed by atoms with Crippen LogP contribution < -0.4 is 0 Å². The molecule has 3 aliphatic rings. The topological polar surface area (TPSA) is 74.1 Å². The van der Waals surface area contributed by atoms with Crippen LogP contribution in [-0.2, 0) is 9.59 Å². The third kappa shape index (κ3) is 3.65. The summed E-state index contributed by atoms with van der Waals surface area (Å²) in [7, 11) is 2.07. The molecule has 27 heavy (non-hydrogen) atoms. The lowest BCUT2D eigenvalue weighted by Gasteiger charge is -2.49. The van der Waals surface area contributed by atoms with Crippen LogP contribution in [0.25, 0.3) is 0 Å². The van der Waals surface area contributed by atoms with Gasteiger partial charge in [-0.05, 0) is 50.8 Å². The van der Waals surface area contributed by atoms with Crippen molar-refractivity contribution in [2.45, 2.75) is 37.6 Å². The minimum absolute atomic E-state index is 0.0830. The van der Waals surface area contributed by atoms with Crippen molar-refractivity contribution < 1.29 is 18.8 Å². The summed E-state index contributed by atoms with van der Waals surface area (Å²) < 4.78 is 5.10. The Labute approximate surface area is 159 Å². The predicted octanol–water partition coefficient (Wildman–Crippen LogP) is 1.40. The van der Waals surface area contributed by atoms with E-state index in [0.717, 1.165) is 25.9 Å². The van der Waals surface area contributed by atoms with Crippen molar-refractivity contribution >= 4 is 17.6 Å². The van der Waals surface area contributed by atoms with Crippen LogP contribution in [0.15, 0.2) is 22.8 Å². The van der Waals surface area contributed by atoms with Gasteiger partial charge >= 0.3 is 0 Å². The van der Waals surface area contributed by atoms with Crippen molar-refractivity contribution in [3.63, 3.8) is 0 Å². The fourth-order valence-electron chi connectivity index (χ4n) is 4.33. The molecule has 1 atom stereocenters. The molecule has 1 aromatic heterocycles. The van der Waals surface area contributed by atoms with Crippen molar-refractivity contribution in [1.29, 1.82) is 0 Å². The van der Waals surface area contributed by atoms with Crippen LogP contribution in [0.2, 0.25) is 0 Å². The molecule has 1 spiro atoms. The molecule has 7 nitrogen and oxygen atoms in total. The largest absolute Gasteiger partial charge is 0.461 e. The average molecular weight is 373 g/mol. The van der Waals surface area contributed by atoms with Crippen molar-refractivity contribution in [3.05, 3.63) is 24.2 Å². The van der Waals surface area contributed by atoms with Crippen molar-refractivity contribution in [2.24, 2.45) is 5.92 Å². The molecule has 0 radical (unpaired) electrons. The Morgan fingerprint density at radius 1 is 1.22 bits per heavy atom. The minimum atomic E-state index is -0.597. The number of rotatable bonds is 4. The Balaban J connectivity index is 1.47. The molecule has 1 aromatic rings. The fraction of sp³-hybridized carbons (Fsp3) is 0.650. The van der Waals surface area contributed by atoms with E-state index in [1.165, 1.54) is 25.2 Å². The number of amides is 2. The molecule has 0 unspecified atom stereocenters. The second kappa shape index (κ2) is 7.11. The van der Waals surface area contributed by atoms with Gasteiger partial charge in [-0.15, -0.1) is 0 Å². The lowest BCUT2D eigenvalue weighted by atomic mass is 9.86. The highest BCUT2D eigenvalue weighted by Crippen LogP contribution is 2.35. The number of carbonyl (C=O) groups excluding carboxylic acids is 3. The highest BCUT2D eigenvalue weighted by molar-refractivity contribution is 6.41. The van der Waals surface area contributed by atoms with E-state index in [4.69, 9.17) is 4.42 Å². The SMILES string of the molecule is CN1CCN(C(=O)C(=O)c2ccco2)C[C@@]12CCC(=O)N(CC1CC1)CC2. The maximum atomic E-state index is 12.7. The molecule has 3 heterocycles. The number of hydrogen-bond donors (Lipinski definition) is 0. The second-order valence-electron chi connectivity index (χ2n) is 8.21. The Hall–Kier alpha value is -2.15. The van der Waals surface area contributed by atoms with E-state index >= 15 is 0 Å². The highest BCUT2D eigenvalue weighted by Gasteiger charge is 2.44. The lowest BCUT2D eigenvalue weighted by molar-refractivity contribution is -0.132. The summed E-state index contributed by atoms with van der Waals surface area (Å²) in [6.45, 7) is 3.31. The summed E-state index contributed by atoms with van der Waals surface area (Å²) in [5.74, 6) is -0.124. The maximum Gasteiger partial charge on any atom is 0.298 e. The molecule has 1 saturated carbocycles. The molecule has 3 fully saturated rings. The van der Waals surface area contributed by atoms with E-state index < -0.39 is 11.7 Å². The summed E-state index contributed by atoms with van der Waals surface area (Å²) in [5, 5.41) is 0. The normalized spacial score (nSPS) is 27.1. The molecular weight excluding hydrogens is 346 g/mol. The van der Waals surface area contributed by atoms with Gasteiger partial charge in [-0.2, -0.15) is 0 Å². The summed E-state index contributed by atoms with van der Waals surface area (Å²) >= 11 is 0. The molecule has 2 aliphatic heterocycles. The average Bonchev–Trinajstić information content (AvgIpc) is 3.36. The molecule has 0 bridgehead atoms. The first-order chi connectivity index (χ1) is 13.0. The zero-order valence-corrected chi connectivity index (χ0v) is 15.9. The smallest absolute Gasteiger partial charge is 0.298 e. The quantitative estimate of drug-likeness (QED) is 0.589.